The van der Waals surface area contributed by atoms with Crippen LogP contribution in [-0.2, 0) is 4.79 Å². The lowest BCUT2D eigenvalue weighted by molar-refractivity contribution is -0.301. The van der Waals surface area contributed by atoms with Crippen molar-refractivity contribution in [2.75, 3.05) is 5.75 Å². The van der Waals surface area contributed by atoms with Crippen molar-refractivity contribution in [3.63, 3.8) is 0 Å². The number of para-hydroxylation sites is 1. The van der Waals surface area contributed by atoms with Crippen LogP contribution in [0.2, 0.25) is 0 Å². The number of carbonyl (C=O) groups is 1. The van der Waals surface area contributed by atoms with Crippen molar-refractivity contribution in [2.45, 2.75) is 5.03 Å². The molecule has 2 aromatic rings. The summed E-state index contributed by atoms with van der Waals surface area (Å²) in [4.78, 5) is 18.5. The molecule has 0 aliphatic heterocycles. The first-order valence-corrected chi connectivity index (χ1v) is 5.28. The van der Waals surface area contributed by atoms with Gasteiger partial charge in [0.05, 0.1) is 11.5 Å². The molecule has 0 N–H and O–H groups in total. The molecule has 1 heterocycles. The maximum absolute atomic E-state index is 10.3. The van der Waals surface area contributed by atoms with E-state index in [9.17, 15) is 9.90 Å². The van der Waals surface area contributed by atoms with Gasteiger partial charge in [-0.25, -0.2) is 9.97 Å². The first-order chi connectivity index (χ1) is 7.27. The third-order valence-electron chi connectivity index (χ3n) is 1.83. The Bertz CT molecular complexity index is 496. The van der Waals surface area contributed by atoms with Gasteiger partial charge in [0.15, 0.2) is 0 Å². The highest BCUT2D eigenvalue weighted by molar-refractivity contribution is 8.00. The van der Waals surface area contributed by atoms with Gasteiger partial charge in [0.2, 0.25) is 0 Å². The standard InChI is InChI=1S/C10H8N2O2S/c13-9(14)5-15-10-7-3-1-2-4-8(7)11-6-12-10/h1-4,6H,5H2,(H,13,14)/p-1. The molecule has 2 rings (SSSR count). The smallest absolute Gasteiger partial charge is 0.117 e. The highest BCUT2D eigenvalue weighted by Crippen LogP contribution is 2.23. The Morgan fingerprint density at radius 2 is 2.13 bits per heavy atom. The number of hydrogen-bond acceptors (Lipinski definition) is 5. The number of carboxylic acid groups (broad SMARTS) is 1. The van der Waals surface area contributed by atoms with Gasteiger partial charge >= 0.3 is 0 Å². The molecule has 4 nitrogen and oxygen atoms in total. The van der Waals surface area contributed by atoms with Gasteiger partial charge in [0, 0.05) is 11.1 Å². The summed E-state index contributed by atoms with van der Waals surface area (Å²) in [5.74, 6) is -1.19. The van der Waals surface area contributed by atoms with Crippen LogP contribution in [0.15, 0.2) is 35.6 Å². The van der Waals surface area contributed by atoms with Gasteiger partial charge in [-0.3, -0.25) is 0 Å². The van der Waals surface area contributed by atoms with E-state index in [1.54, 1.807) is 0 Å². The van der Waals surface area contributed by atoms with Gasteiger partial charge < -0.3 is 9.90 Å². The molecule has 0 amide bonds. The molecule has 76 valence electrons. The summed E-state index contributed by atoms with van der Waals surface area (Å²) >= 11 is 1.14. The third kappa shape index (κ3) is 2.24. The summed E-state index contributed by atoms with van der Waals surface area (Å²) in [5.41, 5.74) is 0.813. The molecule has 0 saturated carbocycles. The van der Waals surface area contributed by atoms with Gasteiger partial charge in [0.25, 0.3) is 0 Å². The van der Waals surface area contributed by atoms with E-state index in [0.717, 1.165) is 22.7 Å². The van der Waals surface area contributed by atoms with E-state index >= 15 is 0 Å². The first kappa shape index (κ1) is 9.92. The highest BCUT2D eigenvalue weighted by atomic mass is 32.2. The van der Waals surface area contributed by atoms with Crippen LogP contribution in [0.3, 0.4) is 0 Å². The van der Waals surface area contributed by atoms with Crippen LogP contribution in [0.4, 0.5) is 0 Å². The van der Waals surface area contributed by atoms with Crippen LogP contribution < -0.4 is 5.11 Å². The van der Waals surface area contributed by atoms with Crippen LogP contribution in [0, 0.1) is 0 Å². The first-order valence-electron chi connectivity index (χ1n) is 4.30. The molecule has 1 aromatic carbocycles. The number of rotatable bonds is 3. The number of aromatic nitrogens is 2. The van der Waals surface area contributed by atoms with Crippen LogP contribution >= 0.6 is 11.8 Å². The molecular formula is C10H7N2O2S-. The summed E-state index contributed by atoms with van der Waals surface area (Å²) in [7, 11) is 0. The number of carboxylic acids is 1. The van der Waals surface area contributed by atoms with Gasteiger partial charge in [0.1, 0.15) is 11.4 Å². The number of thioether (sulfide) groups is 1. The number of fused-ring (bicyclic) bond motifs is 1. The third-order valence-corrected chi connectivity index (χ3v) is 2.81. The number of nitrogens with zero attached hydrogens (tertiary/aromatic N) is 2. The van der Waals surface area contributed by atoms with Crippen molar-refractivity contribution < 1.29 is 9.90 Å². The van der Waals surface area contributed by atoms with Crippen LogP contribution in [0.5, 0.6) is 0 Å². The van der Waals surface area contributed by atoms with Crippen molar-refractivity contribution in [3.05, 3.63) is 30.6 Å². The summed E-state index contributed by atoms with van der Waals surface area (Å²) in [6.45, 7) is 0. The lowest BCUT2D eigenvalue weighted by Crippen LogP contribution is -2.24. The normalized spacial score (nSPS) is 10.4. The van der Waals surface area contributed by atoms with Crippen LogP contribution in [0.25, 0.3) is 10.9 Å². The number of aliphatic carboxylic acids is 1. The molecule has 0 bridgehead atoms. The van der Waals surface area contributed by atoms with Crippen molar-refractivity contribution >= 4 is 28.6 Å². The fraction of sp³-hybridized carbons (Fsp3) is 0.100. The fourth-order valence-corrected chi connectivity index (χ4v) is 1.93. The maximum Gasteiger partial charge on any atom is 0.117 e. The summed E-state index contributed by atoms with van der Waals surface area (Å²) in [6.07, 6.45) is 1.43. The minimum absolute atomic E-state index is 0.0962. The molecule has 5 heteroatoms. The van der Waals surface area contributed by atoms with E-state index in [4.69, 9.17) is 0 Å². The van der Waals surface area contributed by atoms with Crippen LogP contribution in [-0.4, -0.2) is 21.7 Å². The zero-order valence-corrected chi connectivity index (χ0v) is 8.53. The van der Waals surface area contributed by atoms with E-state index in [1.807, 2.05) is 24.3 Å². The molecular weight excluding hydrogens is 212 g/mol. The molecule has 0 unspecified atom stereocenters. The minimum atomic E-state index is -1.09. The van der Waals surface area contributed by atoms with Gasteiger partial charge in [-0.2, -0.15) is 0 Å². The molecule has 0 spiro atoms. The topological polar surface area (TPSA) is 65.9 Å². The van der Waals surface area contributed by atoms with E-state index in [1.165, 1.54) is 6.33 Å². The highest BCUT2D eigenvalue weighted by Gasteiger charge is 2.02. The van der Waals surface area contributed by atoms with Gasteiger partial charge in [-0.05, 0) is 6.07 Å². The number of hydrogen-bond donors (Lipinski definition) is 0. The Labute approximate surface area is 90.4 Å². The lowest BCUT2D eigenvalue weighted by atomic mass is 10.2. The van der Waals surface area contributed by atoms with E-state index in [-0.39, 0.29) is 5.75 Å². The average Bonchev–Trinajstić information content (AvgIpc) is 2.26. The average molecular weight is 219 g/mol. The van der Waals surface area contributed by atoms with E-state index in [2.05, 4.69) is 9.97 Å². The Balaban J connectivity index is 2.38. The number of benzene rings is 1. The monoisotopic (exact) mass is 219 g/mol. The second-order valence-electron chi connectivity index (χ2n) is 2.86. The predicted molar refractivity (Wildman–Crippen MR) is 55.3 cm³/mol. The van der Waals surface area contributed by atoms with Gasteiger partial charge in [-0.1, -0.05) is 30.0 Å². The Morgan fingerprint density at radius 1 is 1.33 bits per heavy atom. The largest absolute Gasteiger partial charge is 0.549 e. The Kier molecular flexibility index (Phi) is 2.82. The second-order valence-corrected chi connectivity index (χ2v) is 3.82. The maximum atomic E-state index is 10.3. The summed E-state index contributed by atoms with van der Waals surface area (Å²) < 4.78 is 0. The summed E-state index contributed by atoms with van der Waals surface area (Å²) in [6, 6.07) is 7.48. The Morgan fingerprint density at radius 3 is 2.93 bits per heavy atom. The van der Waals surface area contributed by atoms with E-state index < -0.39 is 5.97 Å². The number of carbonyl (C=O) groups excluding carboxylic acids is 1. The quantitative estimate of drug-likeness (QED) is 0.554. The minimum Gasteiger partial charge on any atom is -0.549 e. The molecule has 0 fully saturated rings. The molecule has 0 aliphatic carbocycles. The van der Waals surface area contributed by atoms with Crippen LogP contribution in [0.1, 0.15) is 0 Å². The van der Waals surface area contributed by atoms with Crippen molar-refractivity contribution in [1.29, 1.82) is 0 Å². The van der Waals surface area contributed by atoms with E-state index in [0.29, 0.717) is 5.03 Å². The zero-order valence-electron chi connectivity index (χ0n) is 7.71. The predicted octanol–water partition coefficient (Wildman–Crippen LogP) is 0.472. The molecule has 0 saturated heterocycles. The van der Waals surface area contributed by atoms with Crippen molar-refractivity contribution in [3.8, 4) is 0 Å². The van der Waals surface area contributed by atoms with Crippen molar-refractivity contribution in [1.82, 2.24) is 9.97 Å². The molecule has 0 radical (unpaired) electrons. The lowest BCUT2D eigenvalue weighted by Gasteiger charge is -2.04. The molecule has 1 aromatic heterocycles. The fourth-order valence-electron chi connectivity index (χ4n) is 1.22. The SMILES string of the molecule is O=C([O-])CSc1ncnc2ccccc12. The zero-order chi connectivity index (χ0) is 10.7. The second kappa shape index (κ2) is 4.27. The van der Waals surface area contributed by atoms with Crippen molar-refractivity contribution in [2.24, 2.45) is 0 Å². The molecule has 0 atom stereocenters. The summed E-state index contributed by atoms with van der Waals surface area (Å²) in [5, 5.41) is 11.9. The molecule has 0 aliphatic rings. The molecule has 15 heavy (non-hydrogen) atoms. The Hall–Kier alpha value is -1.62. The van der Waals surface area contributed by atoms with Gasteiger partial charge in [-0.15, -0.1) is 0 Å².